The van der Waals surface area contributed by atoms with Crippen molar-refractivity contribution in [2.24, 2.45) is 11.8 Å². The summed E-state index contributed by atoms with van der Waals surface area (Å²) >= 11 is 3.35. The van der Waals surface area contributed by atoms with E-state index < -0.39 is 0 Å². The van der Waals surface area contributed by atoms with Crippen LogP contribution < -0.4 is 0 Å². The Kier molecular flexibility index (Phi) is 4.98. The lowest BCUT2D eigenvalue weighted by Crippen LogP contribution is -2.12. The second-order valence-electron chi connectivity index (χ2n) is 3.89. The fourth-order valence-corrected chi connectivity index (χ4v) is 2.61. The molecule has 0 heterocycles. The van der Waals surface area contributed by atoms with Crippen LogP contribution in [0, 0.1) is 11.8 Å². The van der Waals surface area contributed by atoms with Crippen LogP contribution >= 0.6 is 15.9 Å². The van der Waals surface area contributed by atoms with E-state index >= 15 is 0 Å². The van der Waals surface area contributed by atoms with Crippen molar-refractivity contribution in [1.82, 2.24) is 0 Å². The van der Waals surface area contributed by atoms with E-state index in [1.54, 1.807) is 0 Å². The molecule has 0 aromatic carbocycles. The molecule has 1 saturated carbocycles. The molecule has 0 aromatic rings. The lowest BCUT2D eigenvalue weighted by atomic mass is 9.80. The Hall–Kier alpha value is 0.220. The first-order valence-corrected chi connectivity index (χ1v) is 6.05. The van der Waals surface area contributed by atoms with Crippen LogP contribution in [0.1, 0.15) is 45.4 Å². The molecule has 0 unspecified atom stereocenters. The van der Waals surface area contributed by atoms with Gasteiger partial charge in [0.1, 0.15) is 0 Å². The molecular weight excluding hydrogens is 212 g/mol. The second-order valence-corrected chi connectivity index (χ2v) is 4.42. The zero-order chi connectivity index (χ0) is 8.81. The molecule has 1 fully saturated rings. The van der Waals surface area contributed by atoms with Gasteiger partial charge in [0.25, 0.3) is 0 Å². The summed E-state index contributed by atoms with van der Waals surface area (Å²) in [7, 11) is 0. The third-order valence-electron chi connectivity index (χ3n) is 2.93. The van der Waals surface area contributed by atoms with Gasteiger partial charge >= 0.3 is 0 Å². The van der Waals surface area contributed by atoms with Crippen LogP contribution in [0.4, 0.5) is 0 Å². The summed E-state index contributed by atoms with van der Waals surface area (Å²) in [6, 6.07) is 0. The van der Waals surface area contributed by atoms with Crippen LogP contribution in [0.3, 0.4) is 0 Å². The lowest BCUT2D eigenvalue weighted by molar-refractivity contribution is 0.294. The van der Waals surface area contributed by atoms with Crippen molar-refractivity contribution in [3.63, 3.8) is 0 Å². The minimum Gasteiger partial charge on any atom is -0.0745 e. The SMILES string of the molecule is CCCC1CCC(/C=C/Br)CC1. The van der Waals surface area contributed by atoms with Gasteiger partial charge in [0, 0.05) is 0 Å². The number of halogens is 1. The summed E-state index contributed by atoms with van der Waals surface area (Å²) < 4.78 is 0. The summed E-state index contributed by atoms with van der Waals surface area (Å²) in [6.45, 7) is 2.30. The van der Waals surface area contributed by atoms with Gasteiger partial charge in [-0.1, -0.05) is 41.8 Å². The topological polar surface area (TPSA) is 0 Å². The summed E-state index contributed by atoms with van der Waals surface area (Å²) in [5, 5.41) is 0. The molecule has 0 N–H and O–H groups in total. The van der Waals surface area contributed by atoms with Gasteiger partial charge in [-0.15, -0.1) is 0 Å². The van der Waals surface area contributed by atoms with Gasteiger partial charge in [-0.05, 0) is 42.5 Å². The molecule has 0 amide bonds. The Labute approximate surface area is 84.6 Å². The molecule has 70 valence electrons. The predicted octanol–water partition coefficient (Wildman–Crippen LogP) is 4.50. The van der Waals surface area contributed by atoms with Crippen LogP contribution in [0.15, 0.2) is 11.1 Å². The van der Waals surface area contributed by atoms with E-state index in [1.807, 2.05) is 4.99 Å². The van der Waals surface area contributed by atoms with Crippen molar-refractivity contribution in [2.75, 3.05) is 0 Å². The molecule has 0 bridgehead atoms. The molecule has 0 radical (unpaired) electrons. The highest BCUT2D eigenvalue weighted by atomic mass is 79.9. The van der Waals surface area contributed by atoms with E-state index in [0.29, 0.717) is 0 Å². The highest BCUT2D eigenvalue weighted by molar-refractivity contribution is 9.11. The number of rotatable bonds is 3. The summed E-state index contributed by atoms with van der Waals surface area (Å²) in [5.74, 6) is 1.90. The van der Waals surface area contributed by atoms with Crippen molar-refractivity contribution in [1.29, 1.82) is 0 Å². The fraction of sp³-hybridized carbons (Fsp3) is 0.818. The van der Waals surface area contributed by atoms with Crippen molar-refractivity contribution in [2.45, 2.75) is 45.4 Å². The Balaban J connectivity index is 2.20. The number of hydrogen-bond donors (Lipinski definition) is 0. The Bertz CT molecular complexity index is 132. The first-order chi connectivity index (χ1) is 5.86. The average molecular weight is 231 g/mol. The normalized spacial score (nSPS) is 31.2. The molecule has 0 saturated heterocycles. The molecule has 0 nitrogen and oxygen atoms in total. The van der Waals surface area contributed by atoms with Gasteiger partial charge in [-0.2, -0.15) is 0 Å². The van der Waals surface area contributed by atoms with Crippen LogP contribution in [0.5, 0.6) is 0 Å². The van der Waals surface area contributed by atoms with Crippen molar-refractivity contribution < 1.29 is 0 Å². The minimum absolute atomic E-state index is 0.859. The summed E-state index contributed by atoms with van der Waals surface area (Å²) in [5.41, 5.74) is 0. The maximum absolute atomic E-state index is 3.35. The number of allylic oxidation sites excluding steroid dienone is 1. The second kappa shape index (κ2) is 5.80. The van der Waals surface area contributed by atoms with Gasteiger partial charge in [0.15, 0.2) is 0 Å². The quantitative estimate of drug-likeness (QED) is 0.670. The molecule has 0 aromatic heterocycles. The first-order valence-electron chi connectivity index (χ1n) is 5.13. The van der Waals surface area contributed by atoms with Crippen molar-refractivity contribution in [3.8, 4) is 0 Å². The van der Waals surface area contributed by atoms with Crippen molar-refractivity contribution in [3.05, 3.63) is 11.1 Å². The van der Waals surface area contributed by atoms with E-state index in [-0.39, 0.29) is 0 Å². The highest BCUT2D eigenvalue weighted by Gasteiger charge is 2.18. The Morgan fingerprint density at radius 2 is 1.92 bits per heavy atom. The standard InChI is InChI=1S/C11H19Br/c1-2-3-10-4-6-11(7-5-10)8-9-12/h8-11H,2-7H2,1H3/b9-8+. The van der Waals surface area contributed by atoms with Gasteiger partial charge < -0.3 is 0 Å². The molecular formula is C11H19Br. The molecule has 12 heavy (non-hydrogen) atoms. The summed E-state index contributed by atoms with van der Waals surface area (Å²) in [6.07, 6.45) is 10.8. The highest BCUT2D eigenvalue weighted by Crippen LogP contribution is 2.32. The lowest BCUT2D eigenvalue weighted by Gasteiger charge is -2.26. The Morgan fingerprint density at radius 3 is 2.42 bits per heavy atom. The molecule has 0 aliphatic heterocycles. The molecule has 1 aliphatic rings. The molecule has 1 aliphatic carbocycles. The molecule has 0 spiro atoms. The van der Waals surface area contributed by atoms with E-state index in [1.165, 1.54) is 38.5 Å². The number of hydrogen-bond acceptors (Lipinski definition) is 0. The third-order valence-corrected chi connectivity index (χ3v) is 3.24. The zero-order valence-corrected chi connectivity index (χ0v) is 9.52. The maximum atomic E-state index is 3.35. The van der Waals surface area contributed by atoms with E-state index in [9.17, 15) is 0 Å². The fourth-order valence-electron chi connectivity index (χ4n) is 2.18. The predicted molar refractivity (Wildman–Crippen MR) is 58.4 cm³/mol. The minimum atomic E-state index is 0.859. The Morgan fingerprint density at radius 1 is 1.25 bits per heavy atom. The van der Waals surface area contributed by atoms with E-state index in [2.05, 4.69) is 28.9 Å². The largest absolute Gasteiger partial charge is 0.0745 e. The first kappa shape index (κ1) is 10.3. The summed E-state index contributed by atoms with van der Waals surface area (Å²) in [4.78, 5) is 2.03. The van der Waals surface area contributed by atoms with Crippen LogP contribution in [-0.2, 0) is 0 Å². The van der Waals surface area contributed by atoms with E-state index in [0.717, 1.165) is 11.8 Å². The smallest absolute Gasteiger partial charge is 0.0225 e. The van der Waals surface area contributed by atoms with Gasteiger partial charge in [-0.25, -0.2) is 0 Å². The van der Waals surface area contributed by atoms with Crippen LogP contribution in [-0.4, -0.2) is 0 Å². The van der Waals surface area contributed by atoms with Crippen LogP contribution in [0.2, 0.25) is 0 Å². The average Bonchev–Trinajstić information content (AvgIpc) is 2.09. The molecule has 0 atom stereocenters. The van der Waals surface area contributed by atoms with Gasteiger partial charge in [-0.3, -0.25) is 0 Å². The molecule has 1 heteroatoms. The van der Waals surface area contributed by atoms with Gasteiger partial charge in [0.2, 0.25) is 0 Å². The van der Waals surface area contributed by atoms with E-state index in [4.69, 9.17) is 0 Å². The monoisotopic (exact) mass is 230 g/mol. The van der Waals surface area contributed by atoms with Crippen LogP contribution in [0.25, 0.3) is 0 Å². The van der Waals surface area contributed by atoms with Crippen molar-refractivity contribution >= 4 is 15.9 Å². The maximum Gasteiger partial charge on any atom is -0.0225 e. The third kappa shape index (κ3) is 3.30. The van der Waals surface area contributed by atoms with Gasteiger partial charge in [0.05, 0.1) is 0 Å². The zero-order valence-electron chi connectivity index (χ0n) is 7.93. The molecule has 1 rings (SSSR count).